The average molecular weight is 631 g/mol. The zero-order valence-corrected chi connectivity index (χ0v) is 23.6. The molecule has 2 aliphatic heterocycles. The Labute approximate surface area is 249 Å². The highest BCUT2D eigenvalue weighted by Crippen LogP contribution is 2.53. The van der Waals surface area contributed by atoms with Gasteiger partial charge in [-0.1, -0.05) is 52.9 Å². The number of amides is 3. The Balaban J connectivity index is 1.38. The van der Waals surface area contributed by atoms with E-state index < -0.39 is 63.7 Å². The van der Waals surface area contributed by atoms with Crippen LogP contribution >= 0.6 is 34.7 Å². The highest BCUT2D eigenvalue weighted by molar-refractivity contribution is 8.00. The fraction of sp³-hybridized carbons (Fsp3) is 0.179. The van der Waals surface area contributed by atoms with Crippen molar-refractivity contribution in [1.29, 1.82) is 0 Å². The molecular formula is C28H18ClF3N4O4S2. The Bertz CT molecular complexity index is 1780. The van der Waals surface area contributed by atoms with Gasteiger partial charge in [0.05, 0.1) is 27.9 Å². The van der Waals surface area contributed by atoms with Crippen molar-refractivity contribution in [3.8, 4) is 0 Å². The van der Waals surface area contributed by atoms with Crippen LogP contribution in [0, 0.1) is 5.92 Å². The highest BCUT2D eigenvalue weighted by Gasteiger charge is 2.57. The number of fused-ring (bicyclic) bond motifs is 2. The zero-order chi connectivity index (χ0) is 29.8. The van der Waals surface area contributed by atoms with Crippen LogP contribution in [0.3, 0.4) is 0 Å². The van der Waals surface area contributed by atoms with Crippen LogP contribution in [0.1, 0.15) is 21.9 Å². The molecule has 3 unspecified atom stereocenters. The predicted octanol–water partition coefficient (Wildman–Crippen LogP) is 5.41. The molecule has 4 heterocycles. The molecule has 0 spiro atoms. The van der Waals surface area contributed by atoms with Crippen molar-refractivity contribution in [3.05, 3.63) is 104 Å². The second-order valence-corrected chi connectivity index (χ2v) is 12.1. The van der Waals surface area contributed by atoms with Crippen molar-refractivity contribution in [1.82, 2.24) is 9.55 Å². The molecule has 0 aliphatic carbocycles. The number of thiazole rings is 1. The number of halogens is 4. The van der Waals surface area contributed by atoms with Crippen LogP contribution in [0.4, 0.5) is 24.5 Å². The van der Waals surface area contributed by atoms with Crippen molar-refractivity contribution < 1.29 is 27.6 Å². The van der Waals surface area contributed by atoms with Gasteiger partial charge < -0.3 is 5.32 Å². The Hall–Kier alpha value is -3.94. The van der Waals surface area contributed by atoms with Crippen LogP contribution < -0.4 is 15.1 Å². The first-order chi connectivity index (χ1) is 20.0. The zero-order valence-electron chi connectivity index (χ0n) is 21.2. The minimum absolute atomic E-state index is 0.304. The number of thioether (sulfide) groups is 1. The van der Waals surface area contributed by atoms with E-state index in [1.165, 1.54) is 12.1 Å². The summed E-state index contributed by atoms with van der Waals surface area (Å²) in [6, 6.07) is 14.2. The molecule has 1 saturated heterocycles. The van der Waals surface area contributed by atoms with Gasteiger partial charge in [-0.25, -0.2) is 4.90 Å². The summed E-state index contributed by atoms with van der Waals surface area (Å²) in [7, 11) is 0. The number of anilines is 2. The quantitative estimate of drug-likeness (QED) is 0.296. The summed E-state index contributed by atoms with van der Waals surface area (Å²) in [6.07, 6.45) is -1.59. The van der Waals surface area contributed by atoms with Crippen LogP contribution in [-0.4, -0.2) is 32.5 Å². The molecule has 1 fully saturated rings. The van der Waals surface area contributed by atoms with E-state index in [-0.39, 0.29) is 0 Å². The van der Waals surface area contributed by atoms with Crippen LogP contribution in [0.15, 0.2) is 82.9 Å². The smallest absolute Gasteiger partial charge is 0.324 e. The molecule has 3 amide bonds. The minimum Gasteiger partial charge on any atom is -0.324 e. The number of rotatable bonds is 5. The molecule has 42 heavy (non-hydrogen) atoms. The SMILES string of the molecule is O=C(Cn1c2c(sc1=O)C(c1cccnc1)C1C(=O)N(c3ccc(Cl)cc3)C(=O)C1S2)Nc1ccccc1C(F)(F)F. The maximum atomic E-state index is 13.8. The predicted molar refractivity (Wildman–Crippen MR) is 152 cm³/mol. The number of aromatic nitrogens is 2. The molecule has 4 aromatic rings. The number of carbonyl (C=O) groups excluding carboxylic acids is 3. The largest absolute Gasteiger partial charge is 0.418 e. The first kappa shape index (κ1) is 28.2. The molecule has 1 N–H and O–H groups in total. The van der Waals surface area contributed by atoms with E-state index in [9.17, 15) is 32.3 Å². The van der Waals surface area contributed by atoms with E-state index in [0.717, 1.165) is 44.7 Å². The second kappa shape index (κ2) is 10.7. The topological polar surface area (TPSA) is 101 Å². The Morgan fingerprint density at radius 3 is 2.43 bits per heavy atom. The first-order valence-corrected chi connectivity index (χ1v) is 14.5. The normalized spacial score (nSPS) is 19.9. The lowest BCUT2D eigenvalue weighted by atomic mass is 9.84. The van der Waals surface area contributed by atoms with Crippen molar-refractivity contribution in [2.75, 3.05) is 10.2 Å². The molecule has 214 valence electrons. The lowest BCUT2D eigenvalue weighted by Gasteiger charge is -2.30. The van der Waals surface area contributed by atoms with Gasteiger partial charge in [-0.05, 0) is 48.0 Å². The first-order valence-electron chi connectivity index (χ1n) is 12.4. The number of alkyl halides is 3. The van der Waals surface area contributed by atoms with E-state index in [2.05, 4.69) is 10.3 Å². The minimum atomic E-state index is -4.70. The van der Waals surface area contributed by atoms with Gasteiger partial charge in [0.25, 0.3) is 0 Å². The van der Waals surface area contributed by atoms with E-state index in [1.54, 1.807) is 48.8 Å². The summed E-state index contributed by atoms with van der Waals surface area (Å²) in [6.45, 7) is -0.593. The summed E-state index contributed by atoms with van der Waals surface area (Å²) in [5.41, 5.74) is -0.518. The van der Waals surface area contributed by atoms with Crippen molar-refractivity contribution >= 4 is 63.8 Å². The van der Waals surface area contributed by atoms with E-state index in [1.807, 2.05) is 0 Å². The van der Waals surface area contributed by atoms with Crippen LogP contribution in [0.5, 0.6) is 0 Å². The van der Waals surface area contributed by atoms with Crippen LogP contribution in [-0.2, 0) is 27.1 Å². The fourth-order valence-corrected chi connectivity index (χ4v) is 8.09. The number of benzene rings is 2. The summed E-state index contributed by atoms with van der Waals surface area (Å²) < 4.78 is 41.5. The molecule has 2 aromatic heterocycles. The second-order valence-electron chi connectivity index (χ2n) is 9.53. The summed E-state index contributed by atoms with van der Waals surface area (Å²) in [4.78, 5) is 58.9. The monoisotopic (exact) mass is 630 g/mol. The van der Waals surface area contributed by atoms with Gasteiger partial charge in [0.15, 0.2) is 0 Å². The molecule has 14 heteroatoms. The molecule has 2 aliphatic rings. The summed E-state index contributed by atoms with van der Waals surface area (Å²) in [5, 5.41) is 2.06. The van der Waals surface area contributed by atoms with Gasteiger partial charge in [0.2, 0.25) is 17.7 Å². The Morgan fingerprint density at radius 2 is 1.74 bits per heavy atom. The maximum absolute atomic E-state index is 13.8. The molecule has 2 aromatic carbocycles. The number of nitrogens with zero attached hydrogens (tertiary/aromatic N) is 3. The molecule has 0 saturated carbocycles. The number of hydrogen-bond donors (Lipinski definition) is 1. The molecular weight excluding hydrogens is 613 g/mol. The van der Waals surface area contributed by atoms with Crippen LogP contribution in [0.2, 0.25) is 5.02 Å². The number of nitrogens with one attached hydrogen (secondary N) is 1. The average Bonchev–Trinajstić information content (AvgIpc) is 3.40. The van der Waals surface area contributed by atoms with Crippen molar-refractivity contribution in [2.45, 2.75) is 28.9 Å². The molecule has 3 atom stereocenters. The number of pyridine rings is 1. The Morgan fingerprint density at radius 1 is 1.00 bits per heavy atom. The number of carbonyl (C=O) groups is 3. The molecule has 8 nitrogen and oxygen atoms in total. The third-order valence-corrected chi connectivity index (χ3v) is 9.84. The lowest BCUT2D eigenvalue weighted by molar-refractivity contribution is -0.137. The third kappa shape index (κ3) is 4.91. The third-order valence-electron chi connectivity index (χ3n) is 6.99. The standard InChI is InChI=1S/C28H18ClF3N4O4S2/c29-15-7-9-16(10-8-15)36-24(38)21-20(14-4-3-11-33-12-14)23-26(41-22(21)25(36)39)35(27(40)42-23)13-19(37)34-18-6-2-1-5-17(18)28(30,31)32/h1-12,20-22H,13H2,(H,34,37). The van der Waals surface area contributed by atoms with Gasteiger partial charge in [-0.2, -0.15) is 13.2 Å². The number of imide groups is 1. The van der Waals surface area contributed by atoms with E-state index in [4.69, 9.17) is 11.6 Å². The molecule has 0 radical (unpaired) electrons. The number of para-hydroxylation sites is 1. The molecule has 6 rings (SSSR count). The summed E-state index contributed by atoms with van der Waals surface area (Å²) in [5.74, 6) is -3.39. The van der Waals surface area contributed by atoms with Gasteiger partial charge in [0.1, 0.15) is 11.8 Å². The van der Waals surface area contributed by atoms with E-state index >= 15 is 0 Å². The van der Waals surface area contributed by atoms with Gasteiger partial charge in [0, 0.05) is 28.2 Å². The fourth-order valence-electron chi connectivity index (χ4n) is 5.19. The Kier molecular flexibility index (Phi) is 7.19. The van der Waals surface area contributed by atoms with Crippen molar-refractivity contribution in [2.24, 2.45) is 5.92 Å². The lowest BCUT2D eigenvalue weighted by Crippen LogP contribution is -2.33. The highest BCUT2D eigenvalue weighted by atomic mass is 35.5. The maximum Gasteiger partial charge on any atom is 0.418 e. The van der Waals surface area contributed by atoms with Crippen molar-refractivity contribution in [3.63, 3.8) is 0 Å². The van der Waals surface area contributed by atoms with E-state index in [0.29, 0.717) is 26.2 Å². The summed E-state index contributed by atoms with van der Waals surface area (Å²) >= 11 is 7.82. The van der Waals surface area contributed by atoms with Crippen LogP contribution in [0.25, 0.3) is 0 Å². The van der Waals surface area contributed by atoms with Gasteiger partial charge in [-0.3, -0.25) is 28.7 Å². The van der Waals surface area contributed by atoms with Gasteiger partial charge in [-0.15, -0.1) is 0 Å². The van der Waals surface area contributed by atoms with Gasteiger partial charge >= 0.3 is 11.0 Å². The molecule has 0 bridgehead atoms. The number of hydrogen-bond acceptors (Lipinski definition) is 7.